The maximum absolute atomic E-state index is 12.7. The summed E-state index contributed by atoms with van der Waals surface area (Å²) in [7, 11) is -3.76. The fraction of sp³-hybridized carbons (Fsp3) is 0.0769. The SMILES string of the molecule is Cc1ccc(S(=O)(=O)n2ccc3c(N)nc(Cl)nc32)cc1. The molecular formula is C13H11ClN4O2S. The first-order chi connectivity index (χ1) is 9.89. The predicted octanol–water partition coefficient (Wildman–Crippen LogP) is 2.21. The minimum atomic E-state index is -3.76. The van der Waals surface area contributed by atoms with Crippen LogP contribution in [0.5, 0.6) is 0 Å². The molecule has 1 aromatic carbocycles. The molecule has 0 aliphatic heterocycles. The molecule has 0 bridgehead atoms. The van der Waals surface area contributed by atoms with E-state index in [0.717, 1.165) is 9.54 Å². The van der Waals surface area contributed by atoms with E-state index in [1.165, 1.54) is 6.20 Å². The summed E-state index contributed by atoms with van der Waals surface area (Å²) in [6.07, 6.45) is 1.39. The van der Waals surface area contributed by atoms with Gasteiger partial charge in [0.2, 0.25) is 5.28 Å². The van der Waals surface area contributed by atoms with E-state index < -0.39 is 10.0 Å². The third-order valence-corrected chi connectivity index (χ3v) is 4.94. The quantitative estimate of drug-likeness (QED) is 0.730. The number of aromatic nitrogens is 3. The van der Waals surface area contributed by atoms with Crippen molar-refractivity contribution >= 4 is 38.5 Å². The van der Waals surface area contributed by atoms with Crippen molar-refractivity contribution in [3.05, 3.63) is 47.4 Å². The second kappa shape index (κ2) is 4.71. The van der Waals surface area contributed by atoms with Crippen LogP contribution in [0.2, 0.25) is 5.28 Å². The number of anilines is 1. The van der Waals surface area contributed by atoms with E-state index in [-0.39, 0.29) is 21.6 Å². The molecule has 3 rings (SSSR count). The molecule has 0 fully saturated rings. The van der Waals surface area contributed by atoms with E-state index in [1.807, 2.05) is 6.92 Å². The average Bonchev–Trinajstić information content (AvgIpc) is 2.83. The Bertz CT molecular complexity index is 933. The fourth-order valence-corrected chi connectivity index (χ4v) is 3.47. The van der Waals surface area contributed by atoms with Crippen LogP contribution in [-0.4, -0.2) is 22.4 Å². The summed E-state index contributed by atoms with van der Waals surface area (Å²) in [5.74, 6) is 0.142. The van der Waals surface area contributed by atoms with Gasteiger partial charge in [0.05, 0.1) is 10.3 Å². The van der Waals surface area contributed by atoms with E-state index in [0.29, 0.717) is 5.39 Å². The maximum atomic E-state index is 12.7. The Labute approximate surface area is 126 Å². The van der Waals surface area contributed by atoms with Crippen LogP contribution in [0.25, 0.3) is 11.0 Å². The van der Waals surface area contributed by atoms with Crippen LogP contribution < -0.4 is 5.73 Å². The summed E-state index contributed by atoms with van der Waals surface area (Å²) in [5, 5.41) is 0.342. The van der Waals surface area contributed by atoms with Gasteiger partial charge in [-0.2, -0.15) is 4.98 Å². The first kappa shape index (κ1) is 13.8. The summed E-state index contributed by atoms with van der Waals surface area (Å²) in [6, 6.07) is 8.10. The lowest BCUT2D eigenvalue weighted by Crippen LogP contribution is -2.12. The number of hydrogen-bond acceptors (Lipinski definition) is 5. The smallest absolute Gasteiger partial charge is 0.269 e. The normalized spacial score (nSPS) is 11.9. The van der Waals surface area contributed by atoms with E-state index in [2.05, 4.69) is 9.97 Å². The number of rotatable bonds is 2. The zero-order chi connectivity index (χ0) is 15.2. The predicted molar refractivity (Wildman–Crippen MR) is 80.7 cm³/mol. The molecule has 0 saturated carbocycles. The fourth-order valence-electron chi connectivity index (χ4n) is 2.01. The lowest BCUT2D eigenvalue weighted by atomic mass is 10.2. The lowest BCUT2D eigenvalue weighted by Gasteiger charge is -2.07. The largest absolute Gasteiger partial charge is 0.383 e. The maximum Gasteiger partial charge on any atom is 0.269 e. The minimum absolute atomic E-state index is 0.0981. The Hall–Kier alpha value is -2.12. The number of nitrogen functional groups attached to an aromatic ring is 1. The van der Waals surface area contributed by atoms with Gasteiger partial charge < -0.3 is 5.73 Å². The number of fused-ring (bicyclic) bond motifs is 1. The molecular weight excluding hydrogens is 312 g/mol. The Morgan fingerprint density at radius 2 is 1.81 bits per heavy atom. The van der Waals surface area contributed by atoms with Gasteiger partial charge in [-0.05, 0) is 36.7 Å². The second-order valence-corrected chi connectivity index (χ2v) is 6.70. The molecule has 0 radical (unpaired) electrons. The molecule has 3 aromatic rings. The molecule has 8 heteroatoms. The Balaban J connectivity index is 2.27. The number of halogens is 1. The molecule has 0 unspecified atom stereocenters. The van der Waals surface area contributed by atoms with Crippen LogP contribution in [0.3, 0.4) is 0 Å². The third-order valence-electron chi connectivity index (χ3n) is 3.09. The van der Waals surface area contributed by atoms with Gasteiger partial charge in [0.15, 0.2) is 5.65 Å². The third kappa shape index (κ3) is 2.24. The summed E-state index contributed by atoms with van der Waals surface area (Å²) < 4.78 is 26.4. The highest BCUT2D eigenvalue weighted by Gasteiger charge is 2.21. The molecule has 2 aromatic heterocycles. The van der Waals surface area contributed by atoms with Gasteiger partial charge in [-0.1, -0.05) is 17.7 Å². The Kier molecular flexibility index (Phi) is 3.11. The molecule has 21 heavy (non-hydrogen) atoms. The van der Waals surface area contributed by atoms with Crippen molar-refractivity contribution in [3.63, 3.8) is 0 Å². The van der Waals surface area contributed by atoms with E-state index >= 15 is 0 Å². The highest BCUT2D eigenvalue weighted by Crippen LogP contribution is 2.25. The van der Waals surface area contributed by atoms with Crippen LogP contribution in [0.15, 0.2) is 41.4 Å². The topological polar surface area (TPSA) is 90.9 Å². The summed E-state index contributed by atoms with van der Waals surface area (Å²) in [4.78, 5) is 7.93. The molecule has 0 atom stereocenters. The molecule has 0 aliphatic rings. The zero-order valence-corrected chi connectivity index (χ0v) is 12.6. The van der Waals surface area contributed by atoms with Crippen LogP contribution in [-0.2, 0) is 10.0 Å². The monoisotopic (exact) mass is 322 g/mol. The summed E-state index contributed by atoms with van der Waals surface area (Å²) >= 11 is 5.76. The standard InChI is InChI=1S/C13H11ClN4O2S/c1-8-2-4-9(5-3-8)21(19,20)18-7-6-10-11(15)16-13(14)17-12(10)18/h2-7H,1H3,(H2,15,16,17). The zero-order valence-electron chi connectivity index (χ0n) is 11.0. The second-order valence-electron chi connectivity index (χ2n) is 4.54. The minimum Gasteiger partial charge on any atom is -0.383 e. The van der Waals surface area contributed by atoms with Crippen molar-refractivity contribution in [2.75, 3.05) is 5.73 Å². The Morgan fingerprint density at radius 3 is 2.48 bits per heavy atom. The van der Waals surface area contributed by atoms with Crippen molar-refractivity contribution in [3.8, 4) is 0 Å². The van der Waals surface area contributed by atoms with Crippen molar-refractivity contribution in [1.29, 1.82) is 0 Å². The van der Waals surface area contributed by atoms with Gasteiger partial charge in [0.1, 0.15) is 5.82 Å². The molecule has 2 heterocycles. The van der Waals surface area contributed by atoms with Crippen molar-refractivity contribution in [2.24, 2.45) is 0 Å². The molecule has 0 aliphatic carbocycles. The van der Waals surface area contributed by atoms with Gasteiger partial charge in [0.25, 0.3) is 10.0 Å². The van der Waals surface area contributed by atoms with Crippen LogP contribution in [0.4, 0.5) is 5.82 Å². The average molecular weight is 323 g/mol. The molecule has 6 nitrogen and oxygen atoms in total. The molecule has 108 valence electrons. The highest BCUT2D eigenvalue weighted by atomic mass is 35.5. The van der Waals surface area contributed by atoms with E-state index in [1.54, 1.807) is 30.3 Å². The molecule has 0 saturated heterocycles. The summed E-state index contributed by atoms with van der Waals surface area (Å²) in [6.45, 7) is 1.88. The van der Waals surface area contributed by atoms with Gasteiger partial charge in [-0.25, -0.2) is 17.4 Å². The lowest BCUT2D eigenvalue weighted by molar-refractivity contribution is 0.588. The number of nitrogens with two attached hydrogens (primary N) is 1. The number of benzene rings is 1. The van der Waals surface area contributed by atoms with E-state index in [4.69, 9.17) is 17.3 Å². The van der Waals surface area contributed by atoms with Crippen molar-refractivity contribution < 1.29 is 8.42 Å². The van der Waals surface area contributed by atoms with Gasteiger partial charge >= 0.3 is 0 Å². The van der Waals surface area contributed by atoms with Gasteiger partial charge in [-0.15, -0.1) is 0 Å². The molecule has 0 spiro atoms. The highest BCUT2D eigenvalue weighted by molar-refractivity contribution is 7.90. The van der Waals surface area contributed by atoms with Crippen molar-refractivity contribution in [2.45, 2.75) is 11.8 Å². The molecule has 2 N–H and O–H groups in total. The first-order valence-corrected chi connectivity index (χ1v) is 7.84. The van der Waals surface area contributed by atoms with Crippen LogP contribution in [0, 0.1) is 6.92 Å². The number of hydrogen-bond donors (Lipinski definition) is 1. The first-order valence-electron chi connectivity index (χ1n) is 6.02. The number of aryl methyl sites for hydroxylation is 1. The van der Waals surface area contributed by atoms with Gasteiger partial charge in [-0.3, -0.25) is 0 Å². The Morgan fingerprint density at radius 1 is 1.14 bits per heavy atom. The van der Waals surface area contributed by atoms with Crippen LogP contribution >= 0.6 is 11.6 Å². The van der Waals surface area contributed by atoms with Crippen LogP contribution in [0.1, 0.15) is 5.56 Å². The summed E-state index contributed by atoms with van der Waals surface area (Å²) in [5.41, 5.74) is 6.86. The molecule has 0 amide bonds. The van der Waals surface area contributed by atoms with Crippen molar-refractivity contribution in [1.82, 2.24) is 13.9 Å². The van der Waals surface area contributed by atoms with E-state index in [9.17, 15) is 8.42 Å². The number of nitrogens with zero attached hydrogens (tertiary/aromatic N) is 3. The van der Waals surface area contributed by atoms with Gasteiger partial charge in [0, 0.05) is 6.20 Å².